The van der Waals surface area contributed by atoms with E-state index in [4.69, 9.17) is 0 Å². The molecule has 0 unspecified atom stereocenters. The molecule has 3 aliphatic rings. The second kappa shape index (κ2) is 6.11. The largest absolute Gasteiger partial charge is 0.356 e. The smallest absolute Gasteiger partial charge is 0.246 e. The number of aromatic amines is 1. The fourth-order valence-electron chi connectivity index (χ4n) is 5.38. The molecule has 3 aliphatic heterocycles. The number of hydrogen-bond acceptors (Lipinski definition) is 2. The van der Waals surface area contributed by atoms with Crippen LogP contribution in [0.5, 0.6) is 0 Å². The topological polar surface area (TPSA) is 56.4 Å². The average molecular weight is 365 g/mol. The van der Waals surface area contributed by atoms with Crippen LogP contribution in [0.3, 0.4) is 0 Å². The predicted molar refractivity (Wildman–Crippen MR) is 104 cm³/mol. The first-order valence-electron chi connectivity index (χ1n) is 10.3. The normalized spacial score (nSPS) is 27.7. The molecule has 1 aromatic carbocycles. The predicted octanol–water partition coefficient (Wildman–Crippen LogP) is 3.40. The van der Waals surface area contributed by atoms with Crippen LogP contribution in [0, 0.1) is 5.92 Å². The van der Waals surface area contributed by atoms with E-state index in [0.717, 1.165) is 43.4 Å². The maximum absolute atomic E-state index is 13.5. The Morgan fingerprint density at radius 2 is 1.93 bits per heavy atom. The van der Waals surface area contributed by atoms with Crippen molar-refractivity contribution in [3.63, 3.8) is 0 Å². The Hall–Kier alpha value is -2.30. The SMILES string of the molecule is CC(C)C[C@@H]1c2[nH]c3ccccc3c2C[C@@H]2C(=O)N3CCCC[C@@H]3C(=O)N21. The first-order valence-corrected chi connectivity index (χ1v) is 10.3. The molecule has 0 bridgehead atoms. The summed E-state index contributed by atoms with van der Waals surface area (Å²) < 4.78 is 0. The zero-order valence-electron chi connectivity index (χ0n) is 16.1. The van der Waals surface area contributed by atoms with E-state index in [1.54, 1.807) is 0 Å². The number of benzene rings is 1. The highest BCUT2D eigenvalue weighted by molar-refractivity contribution is 5.99. The molecular formula is C22H27N3O2. The quantitative estimate of drug-likeness (QED) is 0.887. The fourth-order valence-corrected chi connectivity index (χ4v) is 5.38. The van der Waals surface area contributed by atoms with Crippen molar-refractivity contribution < 1.29 is 9.59 Å². The van der Waals surface area contributed by atoms with Crippen LogP contribution in [0.2, 0.25) is 0 Å². The van der Waals surface area contributed by atoms with Crippen LogP contribution >= 0.6 is 0 Å². The highest BCUT2D eigenvalue weighted by Gasteiger charge is 2.52. The lowest BCUT2D eigenvalue weighted by Crippen LogP contribution is -2.67. The minimum Gasteiger partial charge on any atom is -0.356 e. The van der Waals surface area contributed by atoms with Gasteiger partial charge in [-0.15, -0.1) is 0 Å². The lowest BCUT2D eigenvalue weighted by atomic mass is 9.83. The molecule has 2 aromatic rings. The molecule has 1 N–H and O–H groups in total. The molecule has 0 aliphatic carbocycles. The molecule has 1 aromatic heterocycles. The zero-order chi connectivity index (χ0) is 18.7. The summed E-state index contributed by atoms with van der Waals surface area (Å²) >= 11 is 0. The second-order valence-electron chi connectivity index (χ2n) is 8.72. The van der Waals surface area contributed by atoms with Gasteiger partial charge in [0.05, 0.1) is 6.04 Å². The van der Waals surface area contributed by atoms with Gasteiger partial charge in [0.25, 0.3) is 0 Å². The Morgan fingerprint density at radius 1 is 1.11 bits per heavy atom. The number of piperazine rings is 1. The van der Waals surface area contributed by atoms with Gasteiger partial charge in [-0.2, -0.15) is 0 Å². The summed E-state index contributed by atoms with van der Waals surface area (Å²) in [5.41, 5.74) is 3.48. The van der Waals surface area contributed by atoms with Gasteiger partial charge in [0.15, 0.2) is 0 Å². The van der Waals surface area contributed by atoms with Gasteiger partial charge in [-0.05, 0) is 43.2 Å². The minimum atomic E-state index is -0.345. The zero-order valence-corrected chi connectivity index (χ0v) is 16.1. The maximum atomic E-state index is 13.5. The van der Waals surface area contributed by atoms with Crippen LogP contribution in [0.1, 0.15) is 56.8 Å². The average Bonchev–Trinajstić information content (AvgIpc) is 3.04. The van der Waals surface area contributed by atoms with E-state index in [2.05, 4.69) is 37.0 Å². The molecule has 2 saturated heterocycles. The monoisotopic (exact) mass is 365 g/mol. The number of amides is 2. The van der Waals surface area contributed by atoms with Crippen LogP contribution in [-0.2, 0) is 16.0 Å². The lowest BCUT2D eigenvalue weighted by molar-refractivity contribution is -0.168. The molecular weight excluding hydrogens is 338 g/mol. The molecule has 4 heterocycles. The van der Waals surface area contributed by atoms with Gasteiger partial charge in [0, 0.05) is 29.6 Å². The molecule has 3 atom stereocenters. The summed E-state index contributed by atoms with van der Waals surface area (Å²) in [6, 6.07) is 7.68. The third-order valence-corrected chi connectivity index (χ3v) is 6.55. The Balaban J connectivity index is 1.66. The summed E-state index contributed by atoms with van der Waals surface area (Å²) in [7, 11) is 0. The van der Waals surface area contributed by atoms with E-state index in [9.17, 15) is 9.59 Å². The summed E-state index contributed by atoms with van der Waals surface area (Å²) in [5.74, 6) is 0.763. The van der Waals surface area contributed by atoms with Gasteiger partial charge in [-0.1, -0.05) is 32.0 Å². The van der Waals surface area contributed by atoms with E-state index < -0.39 is 0 Å². The molecule has 5 heteroatoms. The number of piperidine rings is 1. The minimum absolute atomic E-state index is 0.0355. The molecule has 2 fully saturated rings. The van der Waals surface area contributed by atoms with Crippen molar-refractivity contribution in [3.8, 4) is 0 Å². The number of fused-ring (bicyclic) bond motifs is 5. The molecule has 0 radical (unpaired) electrons. The third-order valence-electron chi connectivity index (χ3n) is 6.55. The first kappa shape index (κ1) is 16.8. The highest BCUT2D eigenvalue weighted by atomic mass is 16.2. The third kappa shape index (κ3) is 2.43. The maximum Gasteiger partial charge on any atom is 0.246 e. The number of rotatable bonds is 2. The van der Waals surface area contributed by atoms with Crippen LogP contribution in [0.15, 0.2) is 24.3 Å². The van der Waals surface area contributed by atoms with E-state index >= 15 is 0 Å². The van der Waals surface area contributed by atoms with Crippen molar-refractivity contribution in [3.05, 3.63) is 35.5 Å². The molecule has 5 rings (SSSR count). The first-order chi connectivity index (χ1) is 13.1. The van der Waals surface area contributed by atoms with Gasteiger partial charge in [-0.25, -0.2) is 0 Å². The Morgan fingerprint density at radius 3 is 2.74 bits per heavy atom. The summed E-state index contributed by atoms with van der Waals surface area (Å²) in [5, 5.41) is 1.20. The number of aromatic nitrogens is 1. The summed E-state index contributed by atoms with van der Waals surface area (Å²) in [4.78, 5) is 34.3. The van der Waals surface area contributed by atoms with Gasteiger partial charge in [0.2, 0.25) is 11.8 Å². The lowest BCUT2D eigenvalue weighted by Gasteiger charge is -2.51. The summed E-state index contributed by atoms with van der Waals surface area (Å²) in [6.45, 7) is 5.11. The number of nitrogens with one attached hydrogen (secondary N) is 1. The van der Waals surface area contributed by atoms with Gasteiger partial charge >= 0.3 is 0 Å². The molecule has 0 saturated carbocycles. The van der Waals surface area contributed by atoms with Crippen LogP contribution in [-0.4, -0.2) is 45.2 Å². The molecule has 2 amide bonds. The number of H-pyrrole nitrogens is 1. The van der Waals surface area contributed by atoms with Crippen molar-refractivity contribution in [2.75, 3.05) is 6.54 Å². The standard InChI is InChI=1S/C22H27N3O2/c1-13(2)11-18-20-15(14-7-3-4-8-16(14)23-20)12-19-21(26)24-10-6-5-9-17(24)22(27)25(18)19/h3-4,7-8,13,17-19,23H,5-6,9-12H2,1-2H3/t17-,18-,19-/m1/s1. The molecule has 27 heavy (non-hydrogen) atoms. The Labute approximate surface area is 159 Å². The van der Waals surface area contributed by atoms with E-state index in [-0.39, 0.29) is 29.9 Å². The second-order valence-corrected chi connectivity index (χ2v) is 8.72. The van der Waals surface area contributed by atoms with Crippen LogP contribution in [0.4, 0.5) is 0 Å². The van der Waals surface area contributed by atoms with Crippen molar-refractivity contribution in [2.24, 2.45) is 5.92 Å². The fraction of sp³-hybridized carbons (Fsp3) is 0.545. The van der Waals surface area contributed by atoms with Crippen molar-refractivity contribution in [2.45, 2.75) is 64.1 Å². The number of hydrogen-bond donors (Lipinski definition) is 1. The van der Waals surface area contributed by atoms with Crippen molar-refractivity contribution in [1.82, 2.24) is 14.8 Å². The molecule has 142 valence electrons. The molecule has 5 nitrogen and oxygen atoms in total. The number of carbonyl (C=O) groups is 2. The number of para-hydroxylation sites is 1. The van der Waals surface area contributed by atoms with Gasteiger partial charge in [0.1, 0.15) is 12.1 Å². The molecule has 0 spiro atoms. The van der Waals surface area contributed by atoms with Crippen molar-refractivity contribution in [1.29, 1.82) is 0 Å². The van der Waals surface area contributed by atoms with E-state index in [1.807, 2.05) is 15.9 Å². The Kier molecular flexibility index (Phi) is 3.81. The number of carbonyl (C=O) groups excluding carboxylic acids is 2. The van der Waals surface area contributed by atoms with Gasteiger partial charge < -0.3 is 14.8 Å². The highest BCUT2D eigenvalue weighted by Crippen LogP contribution is 2.43. The van der Waals surface area contributed by atoms with Crippen LogP contribution < -0.4 is 0 Å². The van der Waals surface area contributed by atoms with Gasteiger partial charge in [-0.3, -0.25) is 9.59 Å². The van der Waals surface area contributed by atoms with E-state index in [0.29, 0.717) is 12.3 Å². The van der Waals surface area contributed by atoms with Crippen LogP contribution in [0.25, 0.3) is 10.9 Å². The number of nitrogens with zero attached hydrogens (tertiary/aromatic N) is 2. The van der Waals surface area contributed by atoms with E-state index in [1.165, 1.54) is 10.9 Å². The summed E-state index contributed by atoms with van der Waals surface area (Å²) in [6.07, 6.45) is 4.35. The van der Waals surface area contributed by atoms with Crippen molar-refractivity contribution >= 4 is 22.7 Å². The Bertz CT molecular complexity index is 915.